The highest BCUT2D eigenvalue weighted by Gasteiger charge is 2.11. The summed E-state index contributed by atoms with van der Waals surface area (Å²) in [5, 5.41) is 7.86. The van der Waals surface area contributed by atoms with Crippen LogP contribution in [0.3, 0.4) is 0 Å². The van der Waals surface area contributed by atoms with Crippen LogP contribution < -0.4 is 10.2 Å². The van der Waals surface area contributed by atoms with Gasteiger partial charge >= 0.3 is 5.24 Å². The lowest BCUT2D eigenvalue weighted by molar-refractivity contribution is 0.180. The van der Waals surface area contributed by atoms with Crippen LogP contribution in [0.1, 0.15) is 5.56 Å². The fraction of sp³-hybridized carbons (Fsp3) is 0.0625. The van der Waals surface area contributed by atoms with Gasteiger partial charge in [0.05, 0.1) is 11.4 Å². The summed E-state index contributed by atoms with van der Waals surface area (Å²) in [5.74, 6) is 5.56. The van der Waals surface area contributed by atoms with Crippen molar-refractivity contribution in [2.24, 2.45) is 0 Å². The Balaban J connectivity index is 1.93. The molecule has 0 heterocycles. The number of hydroxylamine groups is 1. The zero-order chi connectivity index (χ0) is 17.4. The summed E-state index contributed by atoms with van der Waals surface area (Å²) >= 11 is 0.842. The number of thioether (sulfide) groups is 1. The highest BCUT2D eigenvalue weighted by molar-refractivity contribution is 8.13. The number of benzene rings is 2. The van der Waals surface area contributed by atoms with Gasteiger partial charge < -0.3 is 0 Å². The molecule has 2 aromatic rings. The van der Waals surface area contributed by atoms with Crippen LogP contribution in [0.5, 0.6) is 0 Å². The van der Waals surface area contributed by atoms with Gasteiger partial charge in [0.2, 0.25) is 10.0 Å². The van der Waals surface area contributed by atoms with Crippen molar-refractivity contribution in [3.05, 3.63) is 60.2 Å². The average Bonchev–Trinajstić information content (AvgIpc) is 2.61. The number of nitrogens with one attached hydrogen (secondary N) is 2. The number of rotatable bonds is 4. The minimum atomic E-state index is -3.56. The lowest BCUT2D eigenvalue weighted by Gasteiger charge is -2.02. The van der Waals surface area contributed by atoms with Gasteiger partial charge in [-0.15, -0.1) is 0 Å². The van der Waals surface area contributed by atoms with Gasteiger partial charge in [0.15, 0.2) is 0 Å². The monoisotopic (exact) mass is 362 g/mol. The van der Waals surface area contributed by atoms with Gasteiger partial charge in [-0.25, -0.2) is 13.9 Å². The highest BCUT2D eigenvalue weighted by Crippen LogP contribution is 2.18. The van der Waals surface area contributed by atoms with Gasteiger partial charge in [-0.05, 0) is 48.2 Å². The van der Waals surface area contributed by atoms with E-state index in [9.17, 15) is 13.2 Å². The van der Waals surface area contributed by atoms with Crippen molar-refractivity contribution in [2.45, 2.75) is 9.79 Å². The maximum Gasteiger partial charge on any atom is 0.307 e. The lowest BCUT2D eigenvalue weighted by atomic mass is 10.2. The molecule has 6 nitrogen and oxygen atoms in total. The molecule has 0 aliphatic carbocycles. The SMILES string of the molecule is O=C(NO)Sc1ccc(C#CCNS(=O)(=O)c2ccccc2)cc1. The molecule has 0 aliphatic rings. The van der Waals surface area contributed by atoms with Gasteiger partial charge in [0, 0.05) is 10.5 Å². The van der Waals surface area contributed by atoms with E-state index in [1.165, 1.54) is 17.6 Å². The number of amides is 1. The molecule has 0 aliphatic heterocycles. The van der Waals surface area contributed by atoms with Gasteiger partial charge in [-0.2, -0.15) is 4.72 Å². The zero-order valence-electron chi connectivity index (χ0n) is 12.4. The third kappa shape index (κ3) is 5.40. The van der Waals surface area contributed by atoms with E-state index in [4.69, 9.17) is 5.21 Å². The Bertz CT molecular complexity index is 854. The molecule has 24 heavy (non-hydrogen) atoms. The van der Waals surface area contributed by atoms with E-state index in [0.29, 0.717) is 10.5 Å². The fourth-order valence-electron chi connectivity index (χ4n) is 1.70. The van der Waals surface area contributed by atoms with Crippen LogP contribution in [-0.2, 0) is 10.0 Å². The molecule has 0 spiro atoms. The minimum Gasteiger partial charge on any atom is -0.288 e. The first-order chi connectivity index (χ1) is 11.5. The van der Waals surface area contributed by atoms with E-state index in [1.807, 2.05) is 0 Å². The molecule has 0 radical (unpaired) electrons. The van der Waals surface area contributed by atoms with Crippen LogP contribution in [0.2, 0.25) is 0 Å². The van der Waals surface area contributed by atoms with E-state index in [2.05, 4.69) is 16.6 Å². The third-order valence-electron chi connectivity index (χ3n) is 2.79. The molecule has 3 N–H and O–H groups in total. The summed E-state index contributed by atoms with van der Waals surface area (Å²) in [6, 6.07) is 14.8. The number of sulfonamides is 1. The third-order valence-corrected chi connectivity index (χ3v) is 4.99. The smallest absolute Gasteiger partial charge is 0.288 e. The van der Waals surface area contributed by atoms with Crippen molar-refractivity contribution in [1.29, 1.82) is 0 Å². The molecule has 0 bridgehead atoms. The standard InChI is InChI=1S/C16H14N2O4S2/c19-16(18-20)23-14-10-8-13(9-11-14)5-4-12-17-24(21,22)15-6-2-1-3-7-15/h1-3,6-11,17,20H,12H2,(H,18,19). The molecular weight excluding hydrogens is 348 g/mol. The molecule has 8 heteroatoms. The molecule has 124 valence electrons. The normalized spacial score (nSPS) is 10.5. The summed E-state index contributed by atoms with van der Waals surface area (Å²) < 4.78 is 26.4. The van der Waals surface area contributed by atoms with E-state index in [1.54, 1.807) is 42.5 Å². The van der Waals surface area contributed by atoms with Crippen LogP contribution in [0.15, 0.2) is 64.4 Å². The Hall–Kier alpha value is -2.31. The maximum atomic E-state index is 12.0. The second-order valence-electron chi connectivity index (χ2n) is 4.47. The number of carbonyl (C=O) groups is 1. The maximum absolute atomic E-state index is 12.0. The Morgan fingerprint density at radius 1 is 1.08 bits per heavy atom. The van der Waals surface area contributed by atoms with Gasteiger partial charge in [0.25, 0.3) is 0 Å². The number of carbonyl (C=O) groups excluding carboxylic acids is 1. The van der Waals surface area contributed by atoms with E-state index in [-0.39, 0.29) is 11.4 Å². The van der Waals surface area contributed by atoms with Crippen molar-refractivity contribution in [3.63, 3.8) is 0 Å². The second-order valence-corrected chi connectivity index (χ2v) is 7.28. The van der Waals surface area contributed by atoms with Gasteiger partial charge in [0.1, 0.15) is 0 Å². The van der Waals surface area contributed by atoms with Crippen molar-refractivity contribution >= 4 is 27.0 Å². The lowest BCUT2D eigenvalue weighted by Crippen LogP contribution is -2.23. The zero-order valence-corrected chi connectivity index (χ0v) is 14.0. The van der Waals surface area contributed by atoms with Crippen LogP contribution >= 0.6 is 11.8 Å². The van der Waals surface area contributed by atoms with Crippen molar-refractivity contribution in [3.8, 4) is 11.8 Å². The van der Waals surface area contributed by atoms with Crippen molar-refractivity contribution in [2.75, 3.05) is 6.54 Å². The van der Waals surface area contributed by atoms with Crippen LogP contribution in [0.25, 0.3) is 0 Å². The highest BCUT2D eigenvalue weighted by atomic mass is 32.2. The molecule has 0 aromatic heterocycles. The van der Waals surface area contributed by atoms with Gasteiger partial charge in [-0.1, -0.05) is 30.0 Å². The first-order valence-electron chi connectivity index (χ1n) is 6.77. The summed E-state index contributed by atoms with van der Waals surface area (Å²) in [6.45, 7) is -0.0132. The van der Waals surface area contributed by atoms with Gasteiger partial charge in [-0.3, -0.25) is 10.0 Å². The Morgan fingerprint density at radius 3 is 2.38 bits per heavy atom. The predicted octanol–water partition coefficient (Wildman–Crippen LogP) is 2.21. The van der Waals surface area contributed by atoms with Crippen LogP contribution in [0.4, 0.5) is 4.79 Å². The van der Waals surface area contributed by atoms with Crippen LogP contribution in [0, 0.1) is 11.8 Å². The summed E-state index contributed by atoms with van der Waals surface area (Å²) in [7, 11) is -3.56. The van der Waals surface area contributed by atoms with E-state index >= 15 is 0 Å². The number of hydrogen-bond donors (Lipinski definition) is 3. The first kappa shape index (κ1) is 18.0. The van der Waals surface area contributed by atoms with Crippen molar-refractivity contribution < 1.29 is 18.4 Å². The molecular formula is C16H14N2O4S2. The number of hydrogen-bond acceptors (Lipinski definition) is 5. The minimum absolute atomic E-state index is 0.0132. The largest absolute Gasteiger partial charge is 0.307 e. The fourth-order valence-corrected chi connectivity index (χ4v) is 3.17. The first-order valence-corrected chi connectivity index (χ1v) is 9.07. The van der Waals surface area contributed by atoms with Crippen molar-refractivity contribution in [1.82, 2.24) is 10.2 Å². The van der Waals surface area contributed by atoms with E-state index < -0.39 is 15.3 Å². The molecule has 0 saturated carbocycles. The summed E-state index contributed by atoms with van der Waals surface area (Å²) in [4.78, 5) is 11.8. The van der Waals surface area contributed by atoms with E-state index in [0.717, 1.165) is 11.8 Å². The quantitative estimate of drug-likeness (QED) is 0.335. The molecule has 0 saturated heterocycles. The molecule has 2 rings (SSSR count). The second kappa shape index (κ2) is 8.52. The molecule has 0 fully saturated rings. The molecule has 2 aromatic carbocycles. The van der Waals surface area contributed by atoms with Crippen LogP contribution in [-0.4, -0.2) is 25.4 Å². The summed E-state index contributed by atoms with van der Waals surface area (Å²) in [5.41, 5.74) is 2.21. The average molecular weight is 362 g/mol. The molecule has 1 amide bonds. The molecule has 0 atom stereocenters. The topological polar surface area (TPSA) is 95.5 Å². The Morgan fingerprint density at radius 2 is 1.75 bits per heavy atom. The Kier molecular flexibility index (Phi) is 6.40. The Labute approximate surface area is 144 Å². The molecule has 0 unspecified atom stereocenters. The summed E-state index contributed by atoms with van der Waals surface area (Å²) in [6.07, 6.45) is 0. The predicted molar refractivity (Wildman–Crippen MR) is 91.1 cm³/mol.